The zero-order valence-corrected chi connectivity index (χ0v) is 14.9. The van der Waals surface area contributed by atoms with Crippen LogP contribution in [-0.2, 0) is 9.59 Å². The van der Waals surface area contributed by atoms with Crippen molar-refractivity contribution in [1.29, 1.82) is 0 Å². The molecule has 3 aromatic carbocycles. The highest BCUT2D eigenvalue weighted by atomic mass is 16.5. The van der Waals surface area contributed by atoms with Gasteiger partial charge in [0.05, 0.1) is 5.92 Å². The van der Waals surface area contributed by atoms with Crippen molar-refractivity contribution in [2.24, 2.45) is 5.92 Å². The van der Waals surface area contributed by atoms with Crippen molar-refractivity contribution in [3.05, 3.63) is 77.4 Å². The fourth-order valence-electron chi connectivity index (χ4n) is 3.93. The van der Waals surface area contributed by atoms with Crippen LogP contribution in [0.4, 0.5) is 0 Å². The summed E-state index contributed by atoms with van der Waals surface area (Å²) < 4.78 is 5.75. The Labute approximate surface area is 152 Å². The fourth-order valence-corrected chi connectivity index (χ4v) is 3.93. The molecule has 3 heteroatoms. The van der Waals surface area contributed by atoms with E-state index in [9.17, 15) is 9.59 Å². The number of ether oxygens (including phenoxy) is 1. The van der Waals surface area contributed by atoms with E-state index in [2.05, 4.69) is 12.1 Å². The van der Waals surface area contributed by atoms with Crippen LogP contribution in [0.25, 0.3) is 10.8 Å². The van der Waals surface area contributed by atoms with E-state index >= 15 is 0 Å². The van der Waals surface area contributed by atoms with Crippen molar-refractivity contribution < 1.29 is 14.3 Å². The van der Waals surface area contributed by atoms with Crippen molar-refractivity contribution in [3.63, 3.8) is 0 Å². The van der Waals surface area contributed by atoms with Gasteiger partial charge in [0.2, 0.25) is 0 Å². The number of carbonyl (C=O) groups is 2. The van der Waals surface area contributed by atoms with E-state index < -0.39 is 5.92 Å². The number of rotatable bonds is 3. The standard InChI is InChI=1S/C23H20O3/c1-14-6-5-8-17(12-14)21-19-11-10-16-7-3-4-9-18(16)22(19)26-23(25)20(21)13-15(2)24/h3-12,20-21H,13H2,1-2H3/t20-,21-/m0/s1. The Bertz CT molecular complexity index is 1020. The molecule has 3 aromatic rings. The van der Waals surface area contributed by atoms with E-state index in [1.54, 1.807) is 0 Å². The highest BCUT2D eigenvalue weighted by molar-refractivity contribution is 5.95. The van der Waals surface area contributed by atoms with Gasteiger partial charge >= 0.3 is 5.97 Å². The Morgan fingerprint density at radius 2 is 1.85 bits per heavy atom. The summed E-state index contributed by atoms with van der Waals surface area (Å²) >= 11 is 0. The number of carbonyl (C=O) groups excluding carboxylic acids is 2. The van der Waals surface area contributed by atoms with Crippen LogP contribution in [-0.4, -0.2) is 11.8 Å². The molecule has 0 saturated carbocycles. The van der Waals surface area contributed by atoms with Gasteiger partial charge in [-0.15, -0.1) is 0 Å². The molecule has 0 amide bonds. The second-order valence-corrected chi connectivity index (χ2v) is 7.03. The minimum absolute atomic E-state index is 0.00570. The molecule has 0 bridgehead atoms. The third-order valence-electron chi connectivity index (χ3n) is 5.06. The van der Waals surface area contributed by atoms with E-state index in [1.807, 2.05) is 55.5 Å². The van der Waals surface area contributed by atoms with E-state index in [4.69, 9.17) is 4.74 Å². The first-order valence-corrected chi connectivity index (χ1v) is 8.84. The molecule has 0 spiro atoms. The molecule has 130 valence electrons. The zero-order valence-electron chi connectivity index (χ0n) is 14.9. The number of ketones is 1. The van der Waals surface area contributed by atoms with Crippen LogP contribution in [0, 0.1) is 12.8 Å². The number of Topliss-reactive ketones (excluding diaryl/α,β-unsaturated/α-hetero) is 1. The van der Waals surface area contributed by atoms with Crippen molar-refractivity contribution in [2.45, 2.75) is 26.2 Å². The molecule has 4 rings (SSSR count). The molecule has 2 atom stereocenters. The topological polar surface area (TPSA) is 43.4 Å². The van der Waals surface area contributed by atoms with Gasteiger partial charge in [-0.1, -0.05) is 66.2 Å². The predicted molar refractivity (Wildman–Crippen MR) is 101 cm³/mol. The van der Waals surface area contributed by atoms with Gasteiger partial charge in [0.15, 0.2) is 0 Å². The molecule has 1 aliphatic rings. The highest BCUT2D eigenvalue weighted by Crippen LogP contribution is 2.46. The van der Waals surface area contributed by atoms with Gasteiger partial charge in [-0.25, -0.2) is 0 Å². The van der Waals surface area contributed by atoms with E-state index in [0.29, 0.717) is 5.75 Å². The lowest BCUT2D eigenvalue weighted by atomic mass is 9.75. The van der Waals surface area contributed by atoms with Gasteiger partial charge in [0.1, 0.15) is 11.5 Å². The Morgan fingerprint density at radius 1 is 1.04 bits per heavy atom. The van der Waals surface area contributed by atoms with Crippen LogP contribution < -0.4 is 4.74 Å². The average molecular weight is 344 g/mol. The van der Waals surface area contributed by atoms with E-state index in [-0.39, 0.29) is 24.1 Å². The molecule has 0 N–H and O–H groups in total. The lowest BCUT2D eigenvalue weighted by Gasteiger charge is -2.32. The lowest BCUT2D eigenvalue weighted by molar-refractivity contribution is -0.142. The van der Waals surface area contributed by atoms with Crippen molar-refractivity contribution in [2.75, 3.05) is 0 Å². The average Bonchev–Trinajstić information content (AvgIpc) is 2.62. The van der Waals surface area contributed by atoms with Gasteiger partial charge in [0, 0.05) is 23.3 Å². The van der Waals surface area contributed by atoms with Crippen molar-refractivity contribution in [1.82, 2.24) is 0 Å². The summed E-state index contributed by atoms with van der Waals surface area (Å²) in [5.74, 6) is -0.383. The molecule has 0 fully saturated rings. The number of hydrogen-bond donors (Lipinski definition) is 0. The molecule has 1 heterocycles. The molecular weight excluding hydrogens is 324 g/mol. The molecule has 1 aliphatic heterocycles. The quantitative estimate of drug-likeness (QED) is 0.506. The summed E-state index contributed by atoms with van der Waals surface area (Å²) in [6.07, 6.45) is 0.184. The summed E-state index contributed by atoms with van der Waals surface area (Å²) in [4.78, 5) is 24.6. The summed E-state index contributed by atoms with van der Waals surface area (Å²) in [6.45, 7) is 3.56. The Kier molecular flexibility index (Phi) is 4.08. The van der Waals surface area contributed by atoms with E-state index in [0.717, 1.165) is 27.5 Å². The zero-order chi connectivity index (χ0) is 18.3. The van der Waals surface area contributed by atoms with Crippen LogP contribution in [0.5, 0.6) is 5.75 Å². The molecule has 3 nitrogen and oxygen atoms in total. The lowest BCUT2D eigenvalue weighted by Crippen LogP contribution is -2.33. The first-order valence-electron chi connectivity index (χ1n) is 8.84. The third kappa shape index (κ3) is 2.80. The maximum absolute atomic E-state index is 12.8. The summed E-state index contributed by atoms with van der Waals surface area (Å²) in [5, 5.41) is 1.96. The van der Waals surface area contributed by atoms with Crippen molar-refractivity contribution >= 4 is 22.5 Å². The minimum Gasteiger partial charge on any atom is -0.425 e. The first-order chi connectivity index (χ1) is 12.5. The van der Waals surface area contributed by atoms with Crippen LogP contribution in [0.1, 0.15) is 36.0 Å². The Balaban J connectivity index is 1.96. The summed E-state index contributed by atoms with van der Waals surface area (Å²) in [6, 6.07) is 20.1. The number of esters is 1. The highest BCUT2D eigenvalue weighted by Gasteiger charge is 2.40. The van der Waals surface area contributed by atoms with Crippen LogP contribution >= 0.6 is 0 Å². The minimum atomic E-state index is -0.497. The predicted octanol–water partition coefficient (Wildman–Crippen LogP) is 4.79. The summed E-state index contributed by atoms with van der Waals surface area (Å²) in [7, 11) is 0. The van der Waals surface area contributed by atoms with Crippen LogP contribution in [0.2, 0.25) is 0 Å². The van der Waals surface area contributed by atoms with Gasteiger partial charge in [-0.05, 0) is 24.8 Å². The molecule has 0 saturated heterocycles. The molecule has 26 heavy (non-hydrogen) atoms. The van der Waals surface area contributed by atoms with Crippen LogP contribution in [0.3, 0.4) is 0 Å². The first kappa shape index (κ1) is 16.5. The Morgan fingerprint density at radius 3 is 2.62 bits per heavy atom. The second kappa shape index (κ2) is 6.41. The molecule has 0 radical (unpaired) electrons. The maximum Gasteiger partial charge on any atom is 0.315 e. The largest absolute Gasteiger partial charge is 0.425 e. The molecular formula is C23H20O3. The maximum atomic E-state index is 12.8. The smallest absolute Gasteiger partial charge is 0.315 e. The number of fused-ring (bicyclic) bond motifs is 3. The SMILES string of the molecule is CC(=O)C[C@@H]1C(=O)Oc2c(ccc3ccccc23)[C@@H]1c1cccc(C)c1. The van der Waals surface area contributed by atoms with Gasteiger partial charge in [0.25, 0.3) is 0 Å². The molecule has 0 aliphatic carbocycles. The third-order valence-corrected chi connectivity index (χ3v) is 5.06. The molecule has 0 aromatic heterocycles. The summed E-state index contributed by atoms with van der Waals surface area (Å²) in [5.41, 5.74) is 3.15. The number of aryl methyl sites for hydroxylation is 1. The van der Waals surface area contributed by atoms with Gasteiger partial charge in [-0.2, -0.15) is 0 Å². The Hall–Kier alpha value is -2.94. The van der Waals surface area contributed by atoms with Crippen molar-refractivity contribution in [3.8, 4) is 5.75 Å². The monoisotopic (exact) mass is 344 g/mol. The van der Waals surface area contributed by atoms with Gasteiger partial charge in [-0.3, -0.25) is 4.79 Å². The second-order valence-electron chi connectivity index (χ2n) is 7.03. The number of hydrogen-bond acceptors (Lipinski definition) is 3. The van der Waals surface area contributed by atoms with Gasteiger partial charge < -0.3 is 9.53 Å². The number of benzene rings is 3. The fraction of sp³-hybridized carbons (Fsp3) is 0.217. The van der Waals surface area contributed by atoms with Crippen LogP contribution in [0.15, 0.2) is 60.7 Å². The normalized spacial score (nSPS) is 19.1. The molecule has 0 unspecified atom stereocenters. The van der Waals surface area contributed by atoms with E-state index in [1.165, 1.54) is 6.92 Å².